The summed E-state index contributed by atoms with van der Waals surface area (Å²) in [4.78, 5) is 0.383. The summed E-state index contributed by atoms with van der Waals surface area (Å²) in [7, 11) is -3.45. The van der Waals surface area contributed by atoms with Crippen molar-refractivity contribution in [2.24, 2.45) is 0 Å². The highest BCUT2D eigenvalue weighted by Crippen LogP contribution is 2.20. The minimum Gasteiger partial charge on any atom is -0.310 e. The van der Waals surface area contributed by atoms with Gasteiger partial charge in [-0.25, -0.2) is 13.1 Å². The first-order valence-corrected chi connectivity index (χ1v) is 8.63. The van der Waals surface area contributed by atoms with E-state index in [0.717, 1.165) is 24.0 Å². The van der Waals surface area contributed by atoms with Crippen LogP contribution in [0.25, 0.3) is 0 Å². The van der Waals surface area contributed by atoms with Crippen molar-refractivity contribution in [3.8, 4) is 0 Å². The molecule has 3 atom stereocenters. The largest absolute Gasteiger partial charge is 0.310 e. The molecule has 20 heavy (non-hydrogen) atoms. The molecule has 0 aliphatic carbocycles. The third-order valence-corrected chi connectivity index (χ3v) is 5.64. The zero-order chi connectivity index (χ0) is 14.9. The molecule has 1 aromatic rings. The highest BCUT2D eigenvalue weighted by atomic mass is 32.2. The van der Waals surface area contributed by atoms with Crippen molar-refractivity contribution in [2.75, 3.05) is 0 Å². The van der Waals surface area contributed by atoms with Crippen molar-refractivity contribution in [3.63, 3.8) is 0 Å². The zero-order valence-corrected chi connectivity index (χ0v) is 13.4. The zero-order valence-electron chi connectivity index (χ0n) is 12.6. The van der Waals surface area contributed by atoms with Crippen LogP contribution in [0.2, 0.25) is 0 Å². The molecular formula is C15H24N2O2S. The van der Waals surface area contributed by atoms with Crippen LogP contribution in [0.1, 0.15) is 37.8 Å². The highest BCUT2D eigenvalue weighted by Gasteiger charge is 2.29. The van der Waals surface area contributed by atoms with Crippen molar-refractivity contribution >= 4 is 10.0 Å². The topological polar surface area (TPSA) is 58.2 Å². The highest BCUT2D eigenvalue weighted by molar-refractivity contribution is 7.89. The van der Waals surface area contributed by atoms with E-state index in [2.05, 4.69) is 17.0 Å². The molecule has 1 heterocycles. The molecule has 1 aliphatic heterocycles. The van der Waals surface area contributed by atoms with Gasteiger partial charge in [0.15, 0.2) is 0 Å². The van der Waals surface area contributed by atoms with E-state index in [1.54, 1.807) is 6.07 Å². The van der Waals surface area contributed by atoms with E-state index in [9.17, 15) is 8.42 Å². The average Bonchev–Trinajstić information content (AvgIpc) is 2.32. The second-order valence-electron chi connectivity index (χ2n) is 5.93. The van der Waals surface area contributed by atoms with Crippen molar-refractivity contribution in [3.05, 3.63) is 29.3 Å². The lowest BCUT2D eigenvalue weighted by Crippen LogP contribution is -2.54. The van der Waals surface area contributed by atoms with Gasteiger partial charge in [-0.15, -0.1) is 0 Å². The molecule has 0 radical (unpaired) electrons. The maximum atomic E-state index is 12.5. The number of piperidine rings is 1. The molecular weight excluding hydrogens is 272 g/mol. The van der Waals surface area contributed by atoms with Crippen LogP contribution in [0, 0.1) is 13.8 Å². The van der Waals surface area contributed by atoms with Crippen LogP contribution in [0.3, 0.4) is 0 Å². The van der Waals surface area contributed by atoms with Crippen LogP contribution in [0.15, 0.2) is 23.1 Å². The fourth-order valence-electron chi connectivity index (χ4n) is 2.85. The number of sulfonamides is 1. The normalized spacial score (nSPS) is 27.5. The Kier molecular flexibility index (Phi) is 4.52. The van der Waals surface area contributed by atoms with Gasteiger partial charge in [-0.2, -0.15) is 0 Å². The molecule has 2 rings (SSSR count). The quantitative estimate of drug-likeness (QED) is 0.898. The Hall–Kier alpha value is -0.910. The van der Waals surface area contributed by atoms with E-state index >= 15 is 0 Å². The Morgan fingerprint density at radius 1 is 1.20 bits per heavy atom. The molecule has 1 aliphatic rings. The molecule has 112 valence electrons. The van der Waals surface area contributed by atoms with Gasteiger partial charge in [0, 0.05) is 18.1 Å². The van der Waals surface area contributed by atoms with Gasteiger partial charge < -0.3 is 5.32 Å². The Bertz CT molecular complexity index is 584. The number of benzene rings is 1. The van der Waals surface area contributed by atoms with Crippen LogP contribution in [0.4, 0.5) is 0 Å². The number of nitrogens with one attached hydrogen (secondary N) is 2. The second-order valence-corrected chi connectivity index (χ2v) is 7.61. The first-order chi connectivity index (χ1) is 9.29. The van der Waals surface area contributed by atoms with E-state index in [1.807, 2.05) is 32.9 Å². The fraction of sp³-hybridized carbons (Fsp3) is 0.600. The summed E-state index contributed by atoms with van der Waals surface area (Å²) in [6.45, 7) is 7.97. The molecule has 1 saturated heterocycles. The molecule has 4 nitrogen and oxygen atoms in total. The summed E-state index contributed by atoms with van der Waals surface area (Å²) in [5, 5.41) is 3.40. The number of aryl methyl sites for hydroxylation is 2. The summed E-state index contributed by atoms with van der Waals surface area (Å²) < 4.78 is 27.9. The summed E-state index contributed by atoms with van der Waals surface area (Å²) in [6.07, 6.45) is 1.86. The molecule has 3 unspecified atom stereocenters. The lowest BCUT2D eigenvalue weighted by atomic mass is 9.96. The Labute approximate surface area is 122 Å². The molecule has 0 saturated carbocycles. The molecule has 0 spiro atoms. The van der Waals surface area contributed by atoms with E-state index in [-0.39, 0.29) is 12.1 Å². The monoisotopic (exact) mass is 296 g/mol. The van der Waals surface area contributed by atoms with Crippen molar-refractivity contribution in [1.82, 2.24) is 10.0 Å². The molecule has 1 fully saturated rings. The minimum absolute atomic E-state index is 0.0445. The second kappa shape index (κ2) is 5.84. The maximum absolute atomic E-state index is 12.5. The van der Waals surface area contributed by atoms with Gasteiger partial charge in [0.25, 0.3) is 0 Å². The first kappa shape index (κ1) is 15.5. The van der Waals surface area contributed by atoms with Crippen molar-refractivity contribution in [1.29, 1.82) is 0 Å². The van der Waals surface area contributed by atoms with Gasteiger partial charge in [0.2, 0.25) is 10.0 Å². The van der Waals surface area contributed by atoms with Crippen molar-refractivity contribution in [2.45, 2.75) is 63.6 Å². The summed E-state index contributed by atoms with van der Waals surface area (Å²) in [5.74, 6) is 0. The van der Waals surface area contributed by atoms with E-state index in [4.69, 9.17) is 0 Å². The first-order valence-electron chi connectivity index (χ1n) is 7.15. The molecule has 5 heteroatoms. The SMILES string of the molecule is Cc1ccc(S(=O)(=O)NC2CCC(C)NC2C)c(C)c1. The van der Waals surface area contributed by atoms with Gasteiger partial charge >= 0.3 is 0 Å². The fourth-order valence-corrected chi connectivity index (χ4v) is 4.43. The summed E-state index contributed by atoms with van der Waals surface area (Å²) in [5.41, 5.74) is 1.87. The Morgan fingerprint density at radius 3 is 2.50 bits per heavy atom. The molecule has 1 aromatic carbocycles. The van der Waals surface area contributed by atoms with Gasteiger partial charge in [0.1, 0.15) is 0 Å². The predicted molar refractivity (Wildman–Crippen MR) is 81.3 cm³/mol. The van der Waals surface area contributed by atoms with Gasteiger partial charge in [0.05, 0.1) is 4.90 Å². The third kappa shape index (κ3) is 3.40. The average molecular weight is 296 g/mol. The minimum atomic E-state index is -3.45. The standard InChI is InChI=1S/C15H24N2O2S/c1-10-5-8-15(11(2)9-10)20(18,19)17-14-7-6-12(3)16-13(14)4/h5,8-9,12-14,16-17H,6-7H2,1-4H3. The van der Waals surface area contributed by atoms with Crippen LogP contribution in [-0.2, 0) is 10.0 Å². The maximum Gasteiger partial charge on any atom is 0.241 e. The van der Waals surface area contributed by atoms with Crippen molar-refractivity contribution < 1.29 is 8.42 Å². The molecule has 0 amide bonds. The third-order valence-electron chi connectivity index (χ3n) is 3.99. The van der Waals surface area contributed by atoms with Gasteiger partial charge in [-0.1, -0.05) is 17.7 Å². The number of hydrogen-bond acceptors (Lipinski definition) is 3. The number of rotatable bonds is 3. The van der Waals surface area contributed by atoms with Crippen LogP contribution < -0.4 is 10.0 Å². The molecule has 0 aromatic heterocycles. The van der Waals surface area contributed by atoms with E-state index in [1.165, 1.54) is 0 Å². The van der Waals surface area contributed by atoms with Gasteiger partial charge in [-0.3, -0.25) is 0 Å². The van der Waals surface area contributed by atoms with Gasteiger partial charge in [-0.05, 0) is 52.2 Å². The lowest BCUT2D eigenvalue weighted by molar-refractivity contribution is 0.297. The van der Waals surface area contributed by atoms with E-state index in [0.29, 0.717) is 10.9 Å². The van der Waals surface area contributed by atoms with Crippen LogP contribution in [-0.4, -0.2) is 26.5 Å². The Morgan fingerprint density at radius 2 is 1.90 bits per heavy atom. The van der Waals surface area contributed by atoms with Crippen LogP contribution in [0.5, 0.6) is 0 Å². The smallest absolute Gasteiger partial charge is 0.241 e. The summed E-state index contributed by atoms with van der Waals surface area (Å²) >= 11 is 0. The molecule has 2 N–H and O–H groups in total. The lowest BCUT2D eigenvalue weighted by Gasteiger charge is -2.34. The molecule has 0 bridgehead atoms. The predicted octanol–water partition coefficient (Wildman–Crippen LogP) is 2.11. The summed E-state index contributed by atoms with van der Waals surface area (Å²) in [6, 6.07) is 5.99. The van der Waals surface area contributed by atoms with Crippen LogP contribution >= 0.6 is 0 Å². The number of hydrogen-bond donors (Lipinski definition) is 2. The Balaban J connectivity index is 2.19. The van der Waals surface area contributed by atoms with E-state index < -0.39 is 10.0 Å².